The number of nitrogens with zero attached hydrogens (tertiary/aromatic N) is 1. The Morgan fingerprint density at radius 1 is 0.918 bits per heavy atom. The van der Waals surface area contributed by atoms with Crippen molar-refractivity contribution in [2.45, 2.75) is 109 Å². The van der Waals surface area contributed by atoms with Gasteiger partial charge in [0.2, 0.25) is 0 Å². The number of fused-ring (bicyclic) bond motifs is 1. The molecule has 7 aliphatic carbocycles. The Balaban J connectivity index is 1.23. The van der Waals surface area contributed by atoms with Gasteiger partial charge in [-0.05, 0) is 106 Å². The second-order valence-corrected chi connectivity index (χ2v) is 16.9. The summed E-state index contributed by atoms with van der Waals surface area (Å²) in [5.74, 6) is 1.46. The number of carbonyl (C=O) groups excluding carboxylic acids is 2. The molecule has 1 aromatic rings. The Kier molecular flexibility index (Phi) is 9.10. The number of Topliss-reactive ketones (excluding diaryl/α,β-unsaturated/α-hetero) is 1. The molecule has 2 amide bonds. The van der Waals surface area contributed by atoms with Crippen molar-refractivity contribution in [3.8, 4) is 5.75 Å². The summed E-state index contributed by atoms with van der Waals surface area (Å²) in [6, 6.07) is 7.06. The monoisotopic (exact) mass is 674 g/mol. The third-order valence-electron chi connectivity index (χ3n) is 14.8. The van der Waals surface area contributed by atoms with Crippen LogP contribution in [0, 0.1) is 39.4 Å². The molecule has 2 bridgehead atoms. The summed E-state index contributed by atoms with van der Waals surface area (Å²) in [5.41, 5.74) is -0.763. The molecule has 49 heavy (non-hydrogen) atoms. The van der Waals surface area contributed by atoms with Crippen LogP contribution in [0.15, 0.2) is 48.1 Å². The summed E-state index contributed by atoms with van der Waals surface area (Å²) < 4.78 is 10.6. The van der Waals surface area contributed by atoms with Crippen LogP contribution < -0.4 is 10.1 Å². The molecular weight excluding hydrogens is 616 g/mol. The van der Waals surface area contributed by atoms with Gasteiger partial charge in [-0.25, -0.2) is 4.79 Å². The van der Waals surface area contributed by atoms with Gasteiger partial charge in [0.15, 0.2) is 5.78 Å². The number of benzene rings is 1. The van der Waals surface area contributed by atoms with Crippen LogP contribution in [-0.2, 0) is 9.53 Å². The first-order chi connectivity index (χ1) is 23.5. The van der Waals surface area contributed by atoms with Gasteiger partial charge in [-0.15, -0.1) is 0 Å². The van der Waals surface area contributed by atoms with E-state index in [0.29, 0.717) is 43.9 Å². The van der Waals surface area contributed by atoms with Gasteiger partial charge in [0, 0.05) is 53.7 Å². The standard InChI is InChI=1S/C41H58N2O6/c1-37-18-15-30(44)25-39(37)21-22-41(32(26-39)35(45)28-9-6-5-7-10-28)33(37)16-19-38(2)34(41)17-20-40(38,47)27-43(23-8-24-48-3)36(46)42-29-11-13-31(49-4)14-12-29/h11-14,21-22,26,28,30,33-34,44,47H,5-10,15-20,23-25,27H2,1-4H3,(H,42,46). The number of aliphatic hydroxyl groups is 2. The highest BCUT2D eigenvalue weighted by molar-refractivity contribution is 6.00. The van der Waals surface area contributed by atoms with Gasteiger partial charge in [-0.1, -0.05) is 51.3 Å². The van der Waals surface area contributed by atoms with Gasteiger partial charge in [0.05, 0.1) is 25.4 Å². The zero-order valence-electron chi connectivity index (χ0n) is 30.1. The van der Waals surface area contributed by atoms with Crippen molar-refractivity contribution in [2.75, 3.05) is 39.2 Å². The minimum Gasteiger partial charge on any atom is -0.497 e. The average Bonchev–Trinajstić information content (AvgIpc) is 3.38. The number of amides is 2. The van der Waals surface area contributed by atoms with Gasteiger partial charge >= 0.3 is 6.03 Å². The molecule has 8 unspecified atom stereocenters. The van der Waals surface area contributed by atoms with E-state index in [2.05, 4.69) is 37.4 Å². The van der Waals surface area contributed by atoms with Crippen molar-refractivity contribution in [1.29, 1.82) is 0 Å². The molecule has 1 aromatic carbocycles. The quantitative estimate of drug-likeness (QED) is 0.178. The molecule has 0 saturated heterocycles. The summed E-state index contributed by atoms with van der Waals surface area (Å²) in [7, 11) is 3.28. The lowest BCUT2D eigenvalue weighted by atomic mass is 9.32. The van der Waals surface area contributed by atoms with Crippen molar-refractivity contribution >= 4 is 17.5 Å². The Morgan fingerprint density at radius 3 is 2.33 bits per heavy atom. The molecule has 0 aliphatic heterocycles. The number of anilines is 1. The van der Waals surface area contributed by atoms with Gasteiger partial charge in [-0.2, -0.15) is 0 Å². The third kappa shape index (κ3) is 5.33. The topological polar surface area (TPSA) is 108 Å². The second kappa shape index (κ2) is 12.8. The number of ether oxygens (including phenoxy) is 2. The number of urea groups is 1. The molecule has 0 aromatic heterocycles. The molecule has 268 valence electrons. The number of ketones is 1. The number of rotatable bonds is 10. The number of methoxy groups -OCH3 is 2. The van der Waals surface area contributed by atoms with Gasteiger partial charge < -0.3 is 29.9 Å². The average molecular weight is 675 g/mol. The van der Waals surface area contributed by atoms with Crippen LogP contribution in [0.1, 0.15) is 97.3 Å². The van der Waals surface area contributed by atoms with Crippen LogP contribution in [0.3, 0.4) is 0 Å². The highest BCUT2D eigenvalue weighted by atomic mass is 16.5. The number of aliphatic hydroxyl groups excluding tert-OH is 1. The fourth-order valence-electron chi connectivity index (χ4n) is 12.0. The van der Waals surface area contributed by atoms with E-state index in [1.54, 1.807) is 19.1 Å². The predicted molar refractivity (Wildman–Crippen MR) is 190 cm³/mol. The third-order valence-corrected chi connectivity index (χ3v) is 14.8. The molecular formula is C41H58N2O6. The minimum absolute atomic E-state index is 0.0518. The lowest BCUT2D eigenvalue weighted by Crippen LogP contribution is -2.67. The maximum atomic E-state index is 14.8. The molecule has 8 heteroatoms. The van der Waals surface area contributed by atoms with Crippen molar-refractivity contribution in [2.24, 2.45) is 39.4 Å². The Hall–Kier alpha value is -2.68. The van der Waals surface area contributed by atoms with E-state index in [9.17, 15) is 19.8 Å². The summed E-state index contributed by atoms with van der Waals surface area (Å²) >= 11 is 0. The largest absolute Gasteiger partial charge is 0.497 e. The molecule has 7 aliphatic rings. The van der Waals surface area contributed by atoms with Crippen LogP contribution in [0.4, 0.5) is 10.5 Å². The molecule has 8 atom stereocenters. The molecule has 8 nitrogen and oxygen atoms in total. The molecule has 3 N–H and O–H groups in total. The van der Waals surface area contributed by atoms with Crippen molar-refractivity contribution in [3.05, 3.63) is 48.1 Å². The number of hydrogen-bond donors (Lipinski definition) is 3. The number of hydrogen-bond acceptors (Lipinski definition) is 6. The highest BCUT2D eigenvalue weighted by Gasteiger charge is 2.74. The number of nitrogens with one attached hydrogen (secondary N) is 1. The zero-order chi connectivity index (χ0) is 34.7. The van der Waals surface area contributed by atoms with Gasteiger partial charge in [-0.3, -0.25) is 4.79 Å². The number of allylic oxidation sites excluding steroid dienone is 4. The first kappa shape index (κ1) is 34.8. The van der Waals surface area contributed by atoms with E-state index in [1.807, 2.05) is 24.3 Å². The van der Waals surface area contributed by atoms with E-state index in [4.69, 9.17) is 9.47 Å². The number of carbonyl (C=O) groups is 2. The first-order valence-corrected chi connectivity index (χ1v) is 19.0. The van der Waals surface area contributed by atoms with Crippen molar-refractivity contribution < 1.29 is 29.3 Å². The van der Waals surface area contributed by atoms with E-state index < -0.39 is 16.4 Å². The van der Waals surface area contributed by atoms with E-state index in [1.165, 1.54) is 6.42 Å². The Labute approximate surface area is 292 Å². The van der Waals surface area contributed by atoms with Gasteiger partial charge in [0.1, 0.15) is 5.75 Å². The molecule has 4 saturated carbocycles. The van der Waals surface area contributed by atoms with Crippen LogP contribution in [0.25, 0.3) is 0 Å². The normalized spacial score (nSPS) is 39.4. The summed E-state index contributed by atoms with van der Waals surface area (Å²) in [6.45, 7) is 5.89. The lowest BCUT2D eigenvalue weighted by Gasteiger charge is -2.71. The lowest BCUT2D eigenvalue weighted by molar-refractivity contribution is -0.178. The minimum atomic E-state index is -1.12. The fourth-order valence-corrected chi connectivity index (χ4v) is 12.0. The van der Waals surface area contributed by atoms with E-state index >= 15 is 0 Å². The van der Waals surface area contributed by atoms with Crippen molar-refractivity contribution in [3.63, 3.8) is 0 Å². The smallest absolute Gasteiger partial charge is 0.321 e. The molecule has 4 fully saturated rings. The molecule has 8 rings (SSSR count). The SMILES string of the molecule is COCCCN(CC1(O)CCC2C34C=CC5(C=C3C(=O)C3CCCCC3)CC(O)CCC5(C)C4CCC21C)C(=O)Nc1ccc(OC)cc1. The maximum Gasteiger partial charge on any atom is 0.321 e. The highest BCUT2D eigenvalue weighted by Crippen LogP contribution is 2.78. The Morgan fingerprint density at radius 2 is 1.61 bits per heavy atom. The van der Waals surface area contributed by atoms with Crippen LogP contribution in [0.5, 0.6) is 5.75 Å². The zero-order valence-corrected chi connectivity index (χ0v) is 30.1. The summed E-state index contributed by atoms with van der Waals surface area (Å²) in [6.07, 6.45) is 18.4. The van der Waals surface area contributed by atoms with Gasteiger partial charge in [0.25, 0.3) is 0 Å². The fraction of sp³-hybridized carbons (Fsp3) is 0.707. The van der Waals surface area contributed by atoms with Crippen LogP contribution in [0.2, 0.25) is 0 Å². The van der Waals surface area contributed by atoms with Crippen LogP contribution >= 0.6 is 0 Å². The molecule has 0 heterocycles. The van der Waals surface area contributed by atoms with E-state index in [0.717, 1.165) is 69.1 Å². The van der Waals surface area contributed by atoms with Crippen molar-refractivity contribution in [1.82, 2.24) is 4.90 Å². The summed E-state index contributed by atoms with van der Waals surface area (Å²) in [4.78, 5) is 30.5. The molecule has 2 spiro atoms. The van der Waals surface area contributed by atoms with E-state index in [-0.39, 0.29) is 47.3 Å². The second-order valence-electron chi connectivity index (χ2n) is 16.9. The maximum absolute atomic E-state index is 14.8. The predicted octanol–water partition coefficient (Wildman–Crippen LogP) is 7.31. The molecule has 0 radical (unpaired) electrons. The first-order valence-electron chi connectivity index (χ1n) is 19.0. The summed E-state index contributed by atoms with van der Waals surface area (Å²) in [5, 5.41) is 27.0. The Bertz CT molecular complexity index is 1480. The van der Waals surface area contributed by atoms with Crippen LogP contribution in [-0.4, -0.2) is 72.5 Å².